The second kappa shape index (κ2) is 2.65. The minimum atomic E-state index is 0.802. The highest BCUT2D eigenvalue weighted by molar-refractivity contribution is 5.86. The maximum Gasteiger partial charge on any atom is 0.138 e. The van der Waals surface area contributed by atoms with E-state index in [0.29, 0.717) is 0 Å². The zero-order valence-electron chi connectivity index (χ0n) is 5.99. The van der Waals surface area contributed by atoms with Crippen molar-refractivity contribution in [2.45, 2.75) is 0 Å². The minimum absolute atomic E-state index is 0.802. The summed E-state index contributed by atoms with van der Waals surface area (Å²) in [5.74, 6) is 0.876. The fraction of sp³-hybridized carbons (Fsp3) is 0.286. The smallest absolute Gasteiger partial charge is 0.138 e. The van der Waals surface area contributed by atoms with Gasteiger partial charge < -0.3 is 5.32 Å². The average molecular weight is 148 g/mol. The molecule has 0 aliphatic carbocycles. The van der Waals surface area contributed by atoms with Crippen molar-refractivity contribution in [2.24, 2.45) is 4.99 Å². The summed E-state index contributed by atoms with van der Waals surface area (Å²) in [4.78, 5) is 12.1. The third-order valence-electron chi connectivity index (χ3n) is 1.50. The minimum Gasteiger partial charge on any atom is -0.368 e. The summed E-state index contributed by atoms with van der Waals surface area (Å²) in [6, 6.07) is 0. The summed E-state index contributed by atoms with van der Waals surface area (Å²) < 4.78 is 0. The van der Waals surface area contributed by atoms with E-state index in [0.717, 1.165) is 24.5 Å². The van der Waals surface area contributed by atoms with Crippen molar-refractivity contribution >= 4 is 12.0 Å². The number of rotatable bonds is 0. The van der Waals surface area contributed by atoms with Crippen molar-refractivity contribution in [2.75, 3.05) is 18.4 Å². The number of anilines is 1. The highest BCUT2D eigenvalue weighted by Crippen LogP contribution is 2.08. The molecule has 1 aliphatic heterocycles. The molecule has 4 nitrogen and oxygen atoms in total. The van der Waals surface area contributed by atoms with Gasteiger partial charge >= 0.3 is 0 Å². The van der Waals surface area contributed by atoms with Gasteiger partial charge in [0.05, 0.1) is 12.1 Å². The number of fused-ring (bicyclic) bond motifs is 1. The van der Waals surface area contributed by atoms with Crippen LogP contribution < -0.4 is 5.32 Å². The number of nitrogens with one attached hydrogen (secondary N) is 1. The number of hydrogen-bond acceptors (Lipinski definition) is 4. The first kappa shape index (κ1) is 6.27. The maximum absolute atomic E-state index is 4.14. The molecule has 1 aromatic rings. The molecule has 1 aliphatic rings. The SMILES string of the molecule is C1=NCCNc2ncncc21. The number of aliphatic imine (C=N–C) groups is 1. The fourth-order valence-corrected chi connectivity index (χ4v) is 0.984. The van der Waals surface area contributed by atoms with E-state index in [4.69, 9.17) is 0 Å². The van der Waals surface area contributed by atoms with E-state index >= 15 is 0 Å². The van der Waals surface area contributed by atoms with Gasteiger partial charge in [-0.1, -0.05) is 0 Å². The Kier molecular flexibility index (Phi) is 1.51. The average Bonchev–Trinajstić information content (AvgIpc) is 2.28. The Balaban J connectivity index is 2.45. The van der Waals surface area contributed by atoms with Gasteiger partial charge in [0.25, 0.3) is 0 Å². The zero-order chi connectivity index (χ0) is 7.52. The Hall–Kier alpha value is -1.45. The van der Waals surface area contributed by atoms with Gasteiger partial charge in [-0.15, -0.1) is 0 Å². The van der Waals surface area contributed by atoms with Crippen LogP contribution in [0.4, 0.5) is 5.82 Å². The van der Waals surface area contributed by atoms with Crippen molar-refractivity contribution in [3.63, 3.8) is 0 Å². The topological polar surface area (TPSA) is 50.2 Å². The van der Waals surface area contributed by atoms with Crippen molar-refractivity contribution in [1.29, 1.82) is 0 Å². The van der Waals surface area contributed by atoms with Crippen LogP contribution in [0.2, 0.25) is 0 Å². The van der Waals surface area contributed by atoms with Crippen LogP contribution in [-0.2, 0) is 0 Å². The summed E-state index contributed by atoms with van der Waals surface area (Å²) in [5.41, 5.74) is 0.963. The number of hydrogen-bond donors (Lipinski definition) is 1. The molecule has 1 aromatic heterocycles. The van der Waals surface area contributed by atoms with Gasteiger partial charge in [0.1, 0.15) is 12.1 Å². The molecule has 0 saturated carbocycles. The summed E-state index contributed by atoms with van der Waals surface area (Å²) >= 11 is 0. The Morgan fingerprint density at radius 1 is 1.45 bits per heavy atom. The largest absolute Gasteiger partial charge is 0.368 e. The van der Waals surface area contributed by atoms with Crippen molar-refractivity contribution < 1.29 is 0 Å². The maximum atomic E-state index is 4.14. The predicted octanol–water partition coefficient (Wildman–Crippen LogP) is 0.321. The number of aromatic nitrogens is 2. The fourth-order valence-electron chi connectivity index (χ4n) is 0.984. The van der Waals surface area contributed by atoms with E-state index in [1.807, 2.05) is 0 Å². The van der Waals surface area contributed by atoms with E-state index in [9.17, 15) is 0 Å². The third kappa shape index (κ3) is 1.19. The summed E-state index contributed by atoms with van der Waals surface area (Å²) in [6.45, 7) is 1.65. The highest BCUT2D eigenvalue weighted by atomic mass is 15.0. The van der Waals surface area contributed by atoms with Crippen LogP contribution in [-0.4, -0.2) is 29.3 Å². The van der Waals surface area contributed by atoms with Crippen LogP contribution in [0.5, 0.6) is 0 Å². The second-order valence-electron chi connectivity index (χ2n) is 2.29. The molecule has 0 aromatic carbocycles. The summed E-state index contributed by atoms with van der Waals surface area (Å²) in [7, 11) is 0. The van der Waals surface area contributed by atoms with Gasteiger partial charge in [-0.25, -0.2) is 9.97 Å². The lowest BCUT2D eigenvalue weighted by Gasteiger charge is -2.01. The van der Waals surface area contributed by atoms with E-state index in [2.05, 4.69) is 20.3 Å². The van der Waals surface area contributed by atoms with Crippen LogP contribution >= 0.6 is 0 Å². The van der Waals surface area contributed by atoms with Crippen LogP contribution in [0.3, 0.4) is 0 Å². The molecule has 2 heterocycles. The Morgan fingerprint density at radius 3 is 3.45 bits per heavy atom. The van der Waals surface area contributed by atoms with Gasteiger partial charge in [-0.05, 0) is 0 Å². The van der Waals surface area contributed by atoms with E-state index in [1.165, 1.54) is 6.33 Å². The first-order chi connectivity index (χ1) is 5.47. The van der Waals surface area contributed by atoms with Crippen LogP contribution in [0.15, 0.2) is 17.5 Å². The molecule has 0 spiro atoms. The molecule has 0 fully saturated rings. The molecule has 0 radical (unpaired) electrons. The molecular weight excluding hydrogens is 140 g/mol. The van der Waals surface area contributed by atoms with Gasteiger partial charge in [-0.2, -0.15) is 0 Å². The van der Waals surface area contributed by atoms with Gasteiger partial charge in [-0.3, -0.25) is 4.99 Å². The van der Waals surface area contributed by atoms with E-state index < -0.39 is 0 Å². The molecule has 1 N–H and O–H groups in total. The lowest BCUT2D eigenvalue weighted by atomic mass is 10.3. The number of nitrogens with zero attached hydrogens (tertiary/aromatic N) is 3. The van der Waals surface area contributed by atoms with Gasteiger partial charge in [0.15, 0.2) is 0 Å². The first-order valence-electron chi connectivity index (χ1n) is 3.50. The van der Waals surface area contributed by atoms with E-state index in [-0.39, 0.29) is 0 Å². The normalized spacial score (nSPS) is 14.9. The monoisotopic (exact) mass is 148 g/mol. The lowest BCUT2D eigenvalue weighted by molar-refractivity contribution is 1.02. The summed E-state index contributed by atoms with van der Waals surface area (Å²) in [5, 5.41) is 3.15. The van der Waals surface area contributed by atoms with Crippen LogP contribution in [0.1, 0.15) is 5.56 Å². The van der Waals surface area contributed by atoms with Crippen molar-refractivity contribution in [3.05, 3.63) is 18.1 Å². The Morgan fingerprint density at radius 2 is 2.45 bits per heavy atom. The molecule has 0 unspecified atom stereocenters. The molecule has 0 bridgehead atoms. The molecule has 0 atom stereocenters. The van der Waals surface area contributed by atoms with Crippen LogP contribution in [0.25, 0.3) is 0 Å². The van der Waals surface area contributed by atoms with Gasteiger partial charge in [0, 0.05) is 19.0 Å². The molecule has 56 valence electrons. The zero-order valence-corrected chi connectivity index (χ0v) is 5.99. The molecule has 2 rings (SSSR count). The summed E-state index contributed by atoms with van der Waals surface area (Å²) in [6.07, 6.45) is 5.09. The molecule has 0 saturated heterocycles. The van der Waals surface area contributed by atoms with Crippen molar-refractivity contribution in [1.82, 2.24) is 9.97 Å². The second-order valence-corrected chi connectivity index (χ2v) is 2.29. The van der Waals surface area contributed by atoms with E-state index in [1.54, 1.807) is 12.4 Å². The Bertz CT molecular complexity index is 282. The highest BCUT2D eigenvalue weighted by Gasteiger charge is 2.02. The predicted molar refractivity (Wildman–Crippen MR) is 43.0 cm³/mol. The Labute approximate surface area is 64.4 Å². The third-order valence-corrected chi connectivity index (χ3v) is 1.50. The molecule has 0 amide bonds. The lowest BCUT2D eigenvalue weighted by Crippen LogP contribution is -2.05. The van der Waals surface area contributed by atoms with Crippen LogP contribution in [0, 0.1) is 0 Å². The molecule has 4 heteroatoms. The quantitative estimate of drug-likeness (QED) is 0.576. The molecular formula is C7H8N4. The first-order valence-corrected chi connectivity index (χ1v) is 3.50. The standard InChI is InChI=1S/C7H8N4/c1-2-10-7-6(3-8-1)4-9-5-11-7/h3-5H,1-2H2,(H,9,10,11). The molecule has 11 heavy (non-hydrogen) atoms. The van der Waals surface area contributed by atoms with Gasteiger partial charge in [0.2, 0.25) is 0 Å². The van der Waals surface area contributed by atoms with Crippen molar-refractivity contribution in [3.8, 4) is 0 Å².